The lowest BCUT2D eigenvalue weighted by atomic mass is 10.0. The molecule has 0 radical (unpaired) electrons. The lowest BCUT2D eigenvalue weighted by Gasteiger charge is -2.33. The molecule has 2 N–H and O–H groups in total. The molecule has 0 bridgehead atoms. The van der Waals surface area contributed by atoms with E-state index < -0.39 is 6.61 Å². The first-order valence-corrected chi connectivity index (χ1v) is 9.82. The molecule has 0 unspecified atom stereocenters. The van der Waals surface area contributed by atoms with Crippen LogP contribution >= 0.6 is 23.2 Å². The lowest BCUT2D eigenvalue weighted by Crippen LogP contribution is -2.45. The Kier molecular flexibility index (Phi) is 6.72. The summed E-state index contributed by atoms with van der Waals surface area (Å²) in [7, 11) is 0. The minimum Gasteiger partial charge on any atom is -0.389 e. The number of aryl methyl sites for hydroxylation is 1. The van der Waals surface area contributed by atoms with Gasteiger partial charge in [-0.2, -0.15) is 0 Å². The second kappa shape index (κ2) is 9.05. The van der Waals surface area contributed by atoms with Gasteiger partial charge in [-0.3, -0.25) is 14.2 Å². The fourth-order valence-electron chi connectivity index (χ4n) is 3.33. The Morgan fingerprint density at radius 1 is 1.32 bits per heavy atom. The zero-order valence-electron chi connectivity index (χ0n) is 15.5. The molecular formula is C19H22Cl2N4O3. The van der Waals surface area contributed by atoms with Crippen molar-refractivity contribution in [3.8, 4) is 5.69 Å². The van der Waals surface area contributed by atoms with Gasteiger partial charge in [0.1, 0.15) is 18.2 Å². The van der Waals surface area contributed by atoms with Crippen LogP contribution < -0.4 is 15.8 Å². The Bertz CT molecular complexity index is 924. The molecule has 7 nitrogen and oxygen atoms in total. The molecule has 1 saturated heterocycles. The summed E-state index contributed by atoms with van der Waals surface area (Å²) in [5.41, 5.74) is 0.285. The van der Waals surface area contributed by atoms with Gasteiger partial charge in [0, 0.05) is 25.2 Å². The van der Waals surface area contributed by atoms with E-state index in [4.69, 9.17) is 28.3 Å². The van der Waals surface area contributed by atoms with E-state index in [0.717, 1.165) is 25.9 Å². The van der Waals surface area contributed by atoms with E-state index in [1.807, 2.05) is 0 Å². The number of nitrogens with zero attached hydrogens (tertiary/aromatic N) is 3. The topological polar surface area (TPSA) is 87.5 Å². The van der Waals surface area contributed by atoms with Gasteiger partial charge in [-0.25, -0.2) is 4.98 Å². The normalized spacial score (nSPS) is 15.1. The Hall–Kier alpha value is -1.93. The molecule has 0 saturated carbocycles. The molecule has 0 atom stereocenters. The fraction of sp³-hybridized carbons (Fsp3) is 0.421. The number of rotatable bonds is 6. The number of aliphatic hydroxyl groups is 1. The summed E-state index contributed by atoms with van der Waals surface area (Å²) in [4.78, 5) is 30.6. The smallest absolute Gasteiger partial charge is 0.260 e. The average molecular weight is 425 g/mol. The standard InChI is InChI=1S/C19H22Cl2N4O3/c1-12-23-17(24-7-5-13(6-8-24)22-10-14(27)11-26)9-18(28)25(12)16-4-2-3-15(20)19(16)21/h2-4,9,13,22,26H,5-8,10-11H2,1H3. The maximum absolute atomic E-state index is 12.8. The van der Waals surface area contributed by atoms with Crippen LogP contribution in [0, 0.1) is 6.92 Å². The number of benzene rings is 1. The van der Waals surface area contributed by atoms with Gasteiger partial charge in [-0.05, 0) is 31.9 Å². The number of hydrogen-bond acceptors (Lipinski definition) is 6. The maximum Gasteiger partial charge on any atom is 0.260 e. The highest BCUT2D eigenvalue weighted by Gasteiger charge is 2.22. The van der Waals surface area contributed by atoms with Crippen LogP contribution in [0.4, 0.5) is 5.82 Å². The third-order valence-corrected chi connectivity index (χ3v) is 5.64. The van der Waals surface area contributed by atoms with Crippen LogP contribution in [-0.2, 0) is 4.79 Å². The molecule has 0 spiro atoms. The zero-order valence-corrected chi connectivity index (χ0v) is 17.0. The number of anilines is 1. The number of aliphatic hydroxyl groups excluding tert-OH is 1. The van der Waals surface area contributed by atoms with Crippen LogP contribution in [-0.4, -0.2) is 52.7 Å². The van der Waals surface area contributed by atoms with E-state index in [9.17, 15) is 9.59 Å². The molecule has 9 heteroatoms. The Labute approximate surface area is 172 Å². The molecule has 3 rings (SSSR count). The van der Waals surface area contributed by atoms with E-state index in [1.54, 1.807) is 25.1 Å². The first-order chi connectivity index (χ1) is 13.4. The molecule has 2 heterocycles. The minimum atomic E-state index is -0.442. The number of piperidine rings is 1. The van der Waals surface area contributed by atoms with Crippen molar-refractivity contribution in [2.24, 2.45) is 0 Å². The number of Topliss-reactive ketones (excluding diaryl/α,β-unsaturated/α-hetero) is 1. The number of ketones is 1. The Balaban J connectivity index is 1.74. The zero-order chi connectivity index (χ0) is 20.3. The summed E-state index contributed by atoms with van der Waals surface area (Å²) in [5.74, 6) is 0.935. The van der Waals surface area contributed by atoms with Crippen LogP contribution in [0.5, 0.6) is 0 Å². The second-order valence-corrected chi connectivity index (χ2v) is 7.53. The third kappa shape index (κ3) is 4.55. The summed E-state index contributed by atoms with van der Waals surface area (Å²) in [6.07, 6.45) is 1.64. The predicted octanol–water partition coefficient (Wildman–Crippen LogP) is 1.97. The highest BCUT2D eigenvalue weighted by Crippen LogP contribution is 2.28. The monoisotopic (exact) mass is 424 g/mol. The molecule has 0 aliphatic carbocycles. The van der Waals surface area contributed by atoms with Gasteiger partial charge in [0.05, 0.1) is 22.3 Å². The van der Waals surface area contributed by atoms with Crippen molar-refractivity contribution in [3.63, 3.8) is 0 Å². The number of carbonyl (C=O) groups is 1. The second-order valence-electron chi connectivity index (χ2n) is 6.75. The van der Waals surface area contributed by atoms with E-state index in [0.29, 0.717) is 27.4 Å². The first-order valence-electron chi connectivity index (χ1n) is 9.06. The lowest BCUT2D eigenvalue weighted by molar-refractivity contribution is -0.121. The fourth-order valence-corrected chi connectivity index (χ4v) is 3.71. The summed E-state index contributed by atoms with van der Waals surface area (Å²) >= 11 is 12.3. The number of halogens is 2. The number of nitrogens with one attached hydrogen (secondary N) is 1. The average Bonchev–Trinajstić information content (AvgIpc) is 2.69. The Morgan fingerprint density at radius 3 is 2.68 bits per heavy atom. The molecular weight excluding hydrogens is 403 g/mol. The predicted molar refractivity (Wildman–Crippen MR) is 110 cm³/mol. The van der Waals surface area contributed by atoms with Crippen LogP contribution in [0.15, 0.2) is 29.1 Å². The molecule has 0 amide bonds. The SMILES string of the molecule is Cc1nc(N2CCC(NCC(=O)CO)CC2)cc(=O)n1-c1cccc(Cl)c1Cl. The van der Waals surface area contributed by atoms with Gasteiger partial charge in [0.2, 0.25) is 0 Å². The number of hydrogen-bond donors (Lipinski definition) is 2. The largest absolute Gasteiger partial charge is 0.389 e. The van der Waals surface area contributed by atoms with E-state index >= 15 is 0 Å². The number of aromatic nitrogens is 2. The molecule has 2 aromatic rings. The van der Waals surface area contributed by atoms with Crippen LogP contribution in [0.25, 0.3) is 5.69 Å². The minimum absolute atomic E-state index is 0.176. The van der Waals surface area contributed by atoms with Gasteiger partial charge in [0.15, 0.2) is 5.78 Å². The molecule has 1 aromatic carbocycles. The highest BCUT2D eigenvalue weighted by molar-refractivity contribution is 6.43. The summed E-state index contributed by atoms with van der Waals surface area (Å²) < 4.78 is 1.45. The van der Waals surface area contributed by atoms with Gasteiger partial charge in [-0.15, -0.1) is 0 Å². The summed E-state index contributed by atoms with van der Waals surface area (Å²) in [5, 5.41) is 12.6. The van der Waals surface area contributed by atoms with Crippen LogP contribution in [0.1, 0.15) is 18.7 Å². The number of carbonyl (C=O) groups excluding carboxylic acids is 1. The van der Waals surface area contributed by atoms with Crippen molar-refractivity contribution >= 4 is 34.8 Å². The molecule has 28 heavy (non-hydrogen) atoms. The molecule has 1 aliphatic rings. The Morgan fingerprint density at radius 2 is 2.04 bits per heavy atom. The van der Waals surface area contributed by atoms with Crippen LogP contribution in [0.2, 0.25) is 10.0 Å². The highest BCUT2D eigenvalue weighted by atomic mass is 35.5. The quantitative estimate of drug-likeness (QED) is 0.736. The molecule has 150 valence electrons. The third-order valence-electron chi connectivity index (χ3n) is 4.83. The van der Waals surface area contributed by atoms with Crippen molar-refractivity contribution in [1.29, 1.82) is 0 Å². The van der Waals surface area contributed by atoms with Crippen LogP contribution in [0.3, 0.4) is 0 Å². The first kappa shape index (κ1) is 20.8. The maximum atomic E-state index is 12.8. The van der Waals surface area contributed by atoms with Gasteiger partial charge in [0.25, 0.3) is 5.56 Å². The summed E-state index contributed by atoms with van der Waals surface area (Å²) in [6.45, 7) is 2.94. The van der Waals surface area contributed by atoms with Crippen molar-refractivity contribution in [2.45, 2.75) is 25.8 Å². The van der Waals surface area contributed by atoms with Gasteiger partial charge < -0.3 is 15.3 Å². The van der Waals surface area contributed by atoms with Crippen molar-refractivity contribution in [2.75, 3.05) is 31.1 Å². The molecule has 1 aromatic heterocycles. The summed E-state index contributed by atoms with van der Waals surface area (Å²) in [6, 6.07) is 6.85. The van der Waals surface area contributed by atoms with Gasteiger partial charge >= 0.3 is 0 Å². The van der Waals surface area contributed by atoms with E-state index in [1.165, 1.54) is 10.6 Å². The van der Waals surface area contributed by atoms with E-state index in [-0.39, 0.29) is 23.9 Å². The molecule has 1 fully saturated rings. The molecule has 1 aliphatic heterocycles. The van der Waals surface area contributed by atoms with Crippen molar-refractivity contribution < 1.29 is 9.90 Å². The van der Waals surface area contributed by atoms with Crippen molar-refractivity contribution in [1.82, 2.24) is 14.9 Å². The van der Waals surface area contributed by atoms with Crippen molar-refractivity contribution in [3.05, 3.63) is 50.5 Å². The van der Waals surface area contributed by atoms with Gasteiger partial charge in [-0.1, -0.05) is 29.3 Å². The van der Waals surface area contributed by atoms with E-state index in [2.05, 4.69) is 15.2 Å².